The number of sulfone groups is 1. The highest BCUT2D eigenvalue weighted by atomic mass is 32.2. The van der Waals surface area contributed by atoms with E-state index in [1.807, 2.05) is 0 Å². The third kappa shape index (κ3) is 4.89. The number of nitrogens with two attached hydrogens (primary N) is 1. The minimum atomic E-state index is -3.15. The van der Waals surface area contributed by atoms with Gasteiger partial charge in [-0.05, 0) is 69.3 Å². The zero-order valence-electron chi connectivity index (χ0n) is 23.8. The fourth-order valence-electron chi connectivity index (χ4n) is 6.62. The SMILES string of the molecule is CN(C)c1cc(CCCCS(C)(=O)=O)c(O)c2c1C[C@H]1C[C@H]3C(N(C)C)C(=O)C(C(N)=O)=C(O)[C@@]3(O)C(=O)C1=C2O. The number of phenolic OH excluding ortho intramolecular Hbond substituents is 1. The summed E-state index contributed by atoms with van der Waals surface area (Å²) in [5.41, 5.74) is 3.30. The number of aliphatic hydroxyl groups excluding tert-OH is 2. The third-order valence-corrected chi connectivity index (χ3v) is 9.50. The predicted octanol–water partition coefficient (Wildman–Crippen LogP) is 0.397. The van der Waals surface area contributed by atoms with E-state index in [0.29, 0.717) is 36.1 Å². The lowest BCUT2D eigenvalue weighted by Gasteiger charge is -2.50. The van der Waals surface area contributed by atoms with Crippen molar-refractivity contribution in [3.63, 3.8) is 0 Å². The zero-order valence-corrected chi connectivity index (χ0v) is 24.6. The van der Waals surface area contributed by atoms with Crippen molar-refractivity contribution in [2.75, 3.05) is 45.1 Å². The number of anilines is 1. The Balaban J connectivity index is 1.88. The summed E-state index contributed by atoms with van der Waals surface area (Å²) in [6.45, 7) is 0. The number of carbonyl (C=O) groups is 3. The van der Waals surface area contributed by atoms with E-state index in [1.54, 1.807) is 39.2 Å². The number of Topliss-reactive ketones (excluding diaryl/α,β-unsaturated/α-hetero) is 2. The molecule has 1 fully saturated rings. The van der Waals surface area contributed by atoms with Gasteiger partial charge in [-0.25, -0.2) is 8.42 Å². The highest BCUT2D eigenvalue weighted by molar-refractivity contribution is 7.90. The van der Waals surface area contributed by atoms with Crippen LogP contribution in [0, 0.1) is 11.8 Å². The average Bonchev–Trinajstić information content (AvgIpc) is 2.83. The number of carbonyl (C=O) groups excluding carboxylic acids is 3. The molecule has 1 aromatic rings. The van der Waals surface area contributed by atoms with Crippen molar-refractivity contribution in [2.24, 2.45) is 17.6 Å². The molecule has 0 aliphatic heterocycles. The minimum absolute atomic E-state index is 0.00658. The largest absolute Gasteiger partial charge is 0.508 e. The van der Waals surface area contributed by atoms with Crippen LogP contribution in [-0.4, -0.2) is 103 Å². The maximum atomic E-state index is 14.0. The molecule has 3 aliphatic carbocycles. The van der Waals surface area contributed by atoms with Crippen LogP contribution in [0.1, 0.15) is 36.0 Å². The third-order valence-electron chi connectivity index (χ3n) is 8.47. The van der Waals surface area contributed by atoms with Crippen LogP contribution in [0.5, 0.6) is 5.75 Å². The Bertz CT molecular complexity index is 1510. The molecule has 4 atom stereocenters. The van der Waals surface area contributed by atoms with E-state index in [1.165, 1.54) is 4.90 Å². The first-order valence-corrected chi connectivity index (χ1v) is 15.4. The average molecular weight is 592 g/mol. The normalized spacial score (nSPS) is 26.2. The zero-order chi connectivity index (χ0) is 30.8. The van der Waals surface area contributed by atoms with Crippen LogP contribution < -0.4 is 10.6 Å². The molecule has 0 bridgehead atoms. The number of hydrogen-bond acceptors (Lipinski definition) is 11. The van der Waals surface area contributed by atoms with Gasteiger partial charge >= 0.3 is 0 Å². The van der Waals surface area contributed by atoms with Crippen LogP contribution in [0.2, 0.25) is 0 Å². The molecule has 0 heterocycles. The van der Waals surface area contributed by atoms with E-state index in [2.05, 4.69) is 0 Å². The maximum absolute atomic E-state index is 14.0. The molecule has 41 heavy (non-hydrogen) atoms. The van der Waals surface area contributed by atoms with Crippen molar-refractivity contribution < 1.29 is 43.2 Å². The van der Waals surface area contributed by atoms with E-state index in [0.717, 1.165) is 6.26 Å². The summed E-state index contributed by atoms with van der Waals surface area (Å²) < 4.78 is 23.0. The Kier molecular flexibility index (Phi) is 7.78. The highest BCUT2D eigenvalue weighted by Crippen LogP contribution is 2.54. The molecule has 1 amide bonds. The van der Waals surface area contributed by atoms with Crippen LogP contribution in [-0.2, 0) is 37.1 Å². The van der Waals surface area contributed by atoms with Gasteiger partial charge in [-0.15, -0.1) is 0 Å². The number of phenols is 1. The molecule has 0 aromatic heterocycles. The molecule has 0 radical (unpaired) electrons. The lowest BCUT2D eigenvalue weighted by molar-refractivity contribution is -0.153. The summed E-state index contributed by atoms with van der Waals surface area (Å²) in [6, 6.07) is 0.623. The summed E-state index contributed by atoms with van der Waals surface area (Å²) in [5.74, 6) is -6.94. The number of primary amides is 1. The second-order valence-electron chi connectivity index (χ2n) is 11.7. The quantitative estimate of drug-likeness (QED) is 0.207. The smallest absolute Gasteiger partial charge is 0.255 e. The van der Waals surface area contributed by atoms with Crippen LogP contribution in [0.4, 0.5) is 5.69 Å². The number of unbranched alkanes of at least 4 members (excludes halogenated alkanes) is 1. The second kappa shape index (κ2) is 10.4. The number of fused-ring (bicyclic) bond motifs is 3. The summed E-state index contributed by atoms with van der Waals surface area (Å²) in [7, 11) is 3.52. The number of likely N-dealkylation sites (N-methyl/N-ethyl adjacent to an activating group) is 1. The number of hydrogen-bond donors (Lipinski definition) is 5. The predicted molar refractivity (Wildman–Crippen MR) is 151 cm³/mol. The van der Waals surface area contributed by atoms with Gasteiger partial charge in [-0.1, -0.05) is 0 Å². The molecule has 3 aliphatic rings. The van der Waals surface area contributed by atoms with Gasteiger partial charge in [0.05, 0.1) is 11.6 Å². The molecule has 4 rings (SSSR count). The van der Waals surface area contributed by atoms with E-state index < -0.39 is 67.9 Å². The number of aliphatic hydroxyl groups is 3. The van der Waals surface area contributed by atoms with E-state index in [-0.39, 0.29) is 35.5 Å². The summed E-state index contributed by atoms with van der Waals surface area (Å²) >= 11 is 0. The molecule has 13 heteroatoms. The van der Waals surface area contributed by atoms with Crippen LogP contribution in [0.15, 0.2) is 23.0 Å². The van der Waals surface area contributed by atoms with E-state index >= 15 is 0 Å². The van der Waals surface area contributed by atoms with Crippen LogP contribution >= 0.6 is 0 Å². The van der Waals surface area contributed by atoms with Gasteiger partial charge in [-0.2, -0.15) is 0 Å². The van der Waals surface area contributed by atoms with Crippen molar-refractivity contribution >= 4 is 38.8 Å². The molecular weight excluding hydrogens is 554 g/mol. The van der Waals surface area contributed by atoms with E-state index in [4.69, 9.17) is 5.73 Å². The van der Waals surface area contributed by atoms with Crippen molar-refractivity contribution in [1.82, 2.24) is 4.90 Å². The van der Waals surface area contributed by atoms with Gasteiger partial charge in [0, 0.05) is 43.3 Å². The lowest BCUT2D eigenvalue weighted by Crippen LogP contribution is -2.65. The molecule has 1 unspecified atom stereocenters. The van der Waals surface area contributed by atoms with E-state index in [9.17, 15) is 43.2 Å². The van der Waals surface area contributed by atoms with Gasteiger partial charge in [0.25, 0.3) is 5.91 Å². The number of amides is 1. The molecule has 6 N–H and O–H groups in total. The Morgan fingerprint density at radius 2 is 1.76 bits per heavy atom. The Hall–Kier alpha value is -3.42. The fourth-order valence-corrected chi connectivity index (χ4v) is 7.34. The number of nitrogens with zero attached hydrogens (tertiary/aromatic N) is 2. The number of ketones is 2. The first-order valence-electron chi connectivity index (χ1n) is 13.3. The van der Waals surface area contributed by atoms with Gasteiger partial charge in [0.1, 0.15) is 32.7 Å². The highest BCUT2D eigenvalue weighted by Gasteiger charge is 2.64. The molecule has 0 saturated heterocycles. The van der Waals surface area contributed by atoms with Gasteiger partial charge in [0.15, 0.2) is 11.4 Å². The van der Waals surface area contributed by atoms with Crippen LogP contribution in [0.3, 0.4) is 0 Å². The molecule has 1 aromatic carbocycles. The number of aryl methyl sites for hydroxylation is 1. The topological polar surface area (TPSA) is 199 Å². The maximum Gasteiger partial charge on any atom is 0.255 e. The summed E-state index contributed by atoms with van der Waals surface area (Å²) in [6.07, 6.45) is 2.46. The van der Waals surface area contributed by atoms with Gasteiger partial charge in [-0.3, -0.25) is 19.3 Å². The van der Waals surface area contributed by atoms with Crippen molar-refractivity contribution in [2.45, 2.75) is 43.7 Å². The summed E-state index contributed by atoms with van der Waals surface area (Å²) in [4.78, 5) is 42.6. The summed E-state index contributed by atoms with van der Waals surface area (Å²) in [5, 5.41) is 45.5. The van der Waals surface area contributed by atoms with Gasteiger partial charge < -0.3 is 31.1 Å². The van der Waals surface area contributed by atoms with Crippen LogP contribution in [0.25, 0.3) is 5.76 Å². The molecule has 0 spiro atoms. The lowest BCUT2D eigenvalue weighted by atomic mass is 9.57. The number of benzene rings is 1. The number of aromatic hydroxyl groups is 1. The van der Waals surface area contributed by atoms with Crippen molar-refractivity contribution in [3.05, 3.63) is 39.7 Å². The Labute approximate surface area is 238 Å². The molecule has 1 saturated carbocycles. The molecule has 12 nitrogen and oxygen atoms in total. The standard InChI is InChI=1S/C28H37N3O9S/c1-30(2)17-12-13(8-6-7-9-41(5,39)40)22(32)19-15(17)10-14-11-16-21(31(3)4)24(34)20(27(29)37)26(36)28(16,38)25(35)18(14)23(19)33/h12,14,16,21,32-33,36,38H,6-11H2,1-5H3,(H2,29,37)/t14-,16-,21?,28-/m0/s1. The van der Waals surface area contributed by atoms with Crippen molar-refractivity contribution in [1.29, 1.82) is 0 Å². The monoisotopic (exact) mass is 591 g/mol. The second-order valence-corrected chi connectivity index (χ2v) is 14.0. The van der Waals surface area contributed by atoms with Crippen molar-refractivity contribution in [3.8, 4) is 5.75 Å². The minimum Gasteiger partial charge on any atom is -0.508 e. The Morgan fingerprint density at radius 3 is 2.29 bits per heavy atom. The Morgan fingerprint density at radius 1 is 1.12 bits per heavy atom. The first kappa shape index (κ1) is 30.5. The molecule has 224 valence electrons. The first-order chi connectivity index (χ1) is 18.9. The molecular formula is C28H37N3O9S. The van der Waals surface area contributed by atoms with Gasteiger partial charge in [0.2, 0.25) is 5.78 Å². The fraction of sp³-hybridized carbons (Fsp3) is 0.536. The number of rotatable bonds is 8.